The summed E-state index contributed by atoms with van der Waals surface area (Å²) in [6.45, 7) is 0. The molecule has 0 nitrogen and oxygen atoms in total. The van der Waals surface area contributed by atoms with Crippen LogP contribution in [0.3, 0.4) is 0 Å². The Bertz CT molecular complexity index is 1170. The number of benzene rings is 4. The van der Waals surface area contributed by atoms with E-state index in [2.05, 4.69) is 121 Å². The fourth-order valence-electron chi connectivity index (χ4n) is 3.82. The molecule has 0 amide bonds. The first kappa shape index (κ1) is 25.6. The molecule has 0 heterocycles. The second-order valence-electron chi connectivity index (χ2n) is 6.89. The minimum atomic E-state index is -0.574. The fourth-order valence-corrected chi connectivity index (χ4v) is 6.18. The minimum absolute atomic E-state index is 0. The predicted octanol–water partition coefficient (Wildman–Crippen LogP) is 6.83. The zero-order valence-electron chi connectivity index (χ0n) is 16.8. The topological polar surface area (TPSA) is 0 Å². The first-order chi connectivity index (χ1) is 13.9. The van der Waals surface area contributed by atoms with Crippen LogP contribution >= 0.6 is 32.7 Å². The first-order valence-corrected chi connectivity index (χ1v) is 10.9. The number of halogens is 2. The minimum Gasteiger partial charge on any atom is -0.159 e. The average molecular weight is 627 g/mol. The van der Waals surface area contributed by atoms with Gasteiger partial charge in [-0.2, -0.15) is 6.07 Å². The summed E-state index contributed by atoms with van der Waals surface area (Å²) in [7, 11) is -0.574. The van der Waals surface area contributed by atoms with Gasteiger partial charge in [0.15, 0.2) is 0 Å². The summed E-state index contributed by atoms with van der Waals surface area (Å²) in [6.07, 6.45) is 0. The van der Waals surface area contributed by atoms with E-state index in [4.69, 9.17) is 0 Å². The Balaban J connectivity index is 0.00000114. The maximum atomic E-state index is 2.41. The Kier molecular flexibility index (Phi) is 9.79. The van der Waals surface area contributed by atoms with Gasteiger partial charge in [0.2, 0.25) is 0 Å². The average Bonchev–Trinajstić information content (AvgIpc) is 3.20. The van der Waals surface area contributed by atoms with E-state index in [9.17, 15) is 0 Å². The molecular weight excluding hydrogens is 605 g/mol. The van der Waals surface area contributed by atoms with Crippen molar-refractivity contribution in [1.82, 2.24) is 0 Å². The second-order valence-corrected chi connectivity index (χ2v) is 9.11. The van der Waals surface area contributed by atoms with Crippen LogP contribution in [0.1, 0.15) is 0 Å². The van der Waals surface area contributed by atoms with Gasteiger partial charge in [0.1, 0.15) is 0 Å². The van der Waals surface area contributed by atoms with Crippen molar-refractivity contribution in [3.8, 4) is 11.1 Å². The van der Waals surface area contributed by atoms with Gasteiger partial charge in [0.25, 0.3) is 0 Å². The SMILES string of the molecule is Cl.Cl.[Hf].c1ccc(-c2cccc3[cH-]c(P(c4ccccc4)c4ccccc4)cc23)cc1. The van der Waals surface area contributed by atoms with E-state index in [1.54, 1.807) is 0 Å². The van der Waals surface area contributed by atoms with Gasteiger partial charge in [0.05, 0.1) is 0 Å². The molecule has 0 fully saturated rings. The van der Waals surface area contributed by atoms with Crippen molar-refractivity contribution < 1.29 is 25.8 Å². The van der Waals surface area contributed by atoms with Crippen LogP contribution in [0.15, 0.2) is 121 Å². The first-order valence-electron chi connectivity index (χ1n) is 9.55. The van der Waals surface area contributed by atoms with Gasteiger partial charge in [0, 0.05) is 25.8 Å². The molecule has 5 aromatic rings. The van der Waals surface area contributed by atoms with Crippen LogP contribution in [0.25, 0.3) is 21.9 Å². The van der Waals surface area contributed by atoms with Crippen LogP contribution in [0.5, 0.6) is 0 Å². The van der Waals surface area contributed by atoms with Crippen molar-refractivity contribution >= 4 is 59.4 Å². The van der Waals surface area contributed by atoms with Crippen molar-refractivity contribution in [3.05, 3.63) is 121 Å². The molecule has 0 aliphatic heterocycles. The molecule has 0 aliphatic carbocycles. The molecular formula is C27H22Cl2HfP-. The third-order valence-corrected chi connectivity index (χ3v) is 7.51. The largest absolute Gasteiger partial charge is 0.159 e. The monoisotopic (exact) mass is 627 g/mol. The van der Waals surface area contributed by atoms with Crippen molar-refractivity contribution in [2.75, 3.05) is 0 Å². The van der Waals surface area contributed by atoms with Crippen molar-refractivity contribution in [2.45, 2.75) is 0 Å². The molecule has 0 bridgehead atoms. The predicted molar refractivity (Wildman–Crippen MR) is 138 cm³/mol. The molecule has 0 atom stereocenters. The maximum Gasteiger partial charge on any atom is 0 e. The van der Waals surface area contributed by atoms with Gasteiger partial charge in [-0.15, -0.1) is 59.1 Å². The van der Waals surface area contributed by atoms with Gasteiger partial charge in [-0.1, -0.05) is 103 Å². The summed E-state index contributed by atoms with van der Waals surface area (Å²) in [5.41, 5.74) is 2.58. The molecule has 31 heavy (non-hydrogen) atoms. The molecule has 0 radical (unpaired) electrons. The van der Waals surface area contributed by atoms with E-state index in [1.807, 2.05) is 0 Å². The Labute approximate surface area is 216 Å². The zero-order valence-corrected chi connectivity index (χ0v) is 22.9. The number of rotatable bonds is 4. The van der Waals surface area contributed by atoms with Gasteiger partial charge in [-0.25, -0.2) is 0 Å². The third kappa shape index (κ3) is 5.41. The smallest absolute Gasteiger partial charge is 0 e. The molecule has 5 rings (SSSR count). The van der Waals surface area contributed by atoms with Gasteiger partial charge >= 0.3 is 0 Å². The normalized spacial score (nSPS) is 10.1. The van der Waals surface area contributed by atoms with Gasteiger partial charge in [-0.05, 0) is 24.1 Å². The zero-order chi connectivity index (χ0) is 18.8. The summed E-state index contributed by atoms with van der Waals surface area (Å²) in [4.78, 5) is 0. The van der Waals surface area contributed by atoms with Crippen LogP contribution in [0.2, 0.25) is 0 Å². The summed E-state index contributed by atoms with van der Waals surface area (Å²) >= 11 is 0. The van der Waals surface area contributed by atoms with E-state index < -0.39 is 7.92 Å². The van der Waals surface area contributed by atoms with Gasteiger partial charge < -0.3 is 0 Å². The number of hydrogen-bond donors (Lipinski definition) is 0. The molecule has 0 aromatic heterocycles. The summed E-state index contributed by atoms with van der Waals surface area (Å²) in [5, 5.41) is 6.84. The molecule has 0 saturated carbocycles. The van der Waals surface area contributed by atoms with Crippen molar-refractivity contribution in [2.24, 2.45) is 0 Å². The summed E-state index contributed by atoms with van der Waals surface area (Å²) in [6, 6.07) is 43.9. The van der Waals surface area contributed by atoms with Crippen LogP contribution in [0, 0.1) is 0 Å². The summed E-state index contributed by atoms with van der Waals surface area (Å²) < 4.78 is 0. The summed E-state index contributed by atoms with van der Waals surface area (Å²) in [5.74, 6) is 0. The van der Waals surface area contributed by atoms with Crippen LogP contribution in [-0.4, -0.2) is 0 Å². The van der Waals surface area contributed by atoms with Gasteiger partial charge in [-0.3, -0.25) is 0 Å². The standard InChI is InChI=1S/C27H20P.2ClH.Hf/c1-4-11-21(12-5-1)26-18-10-13-22-19-25(20-27(22)26)28(23-14-6-2-7-15-23)24-16-8-3-9-17-24;;;/h1-20H;2*1H;/q-1;;;. The molecule has 154 valence electrons. The quantitative estimate of drug-likeness (QED) is 0.117. The molecule has 0 unspecified atom stereocenters. The third-order valence-electron chi connectivity index (χ3n) is 5.11. The van der Waals surface area contributed by atoms with E-state index in [-0.39, 0.29) is 50.7 Å². The number of hydrogen-bond acceptors (Lipinski definition) is 0. The van der Waals surface area contributed by atoms with Crippen LogP contribution in [-0.2, 0) is 25.8 Å². The van der Waals surface area contributed by atoms with E-state index in [1.165, 1.54) is 37.8 Å². The molecule has 0 aliphatic rings. The maximum absolute atomic E-state index is 2.41. The van der Waals surface area contributed by atoms with E-state index in [0.717, 1.165) is 0 Å². The van der Waals surface area contributed by atoms with E-state index in [0.29, 0.717) is 0 Å². The van der Waals surface area contributed by atoms with Crippen LogP contribution < -0.4 is 15.9 Å². The molecule has 5 aromatic carbocycles. The second kappa shape index (κ2) is 11.8. The van der Waals surface area contributed by atoms with Crippen LogP contribution in [0.4, 0.5) is 0 Å². The van der Waals surface area contributed by atoms with E-state index >= 15 is 0 Å². The molecule has 0 spiro atoms. The molecule has 0 saturated heterocycles. The fraction of sp³-hybridized carbons (Fsp3) is 0. The molecule has 0 N–H and O–H groups in total. The van der Waals surface area contributed by atoms with Crippen molar-refractivity contribution in [3.63, 3.8) is 0 Å². The Morgan fingerprint density at radius 1 is 0.548 bits per heavy atom. The number of fused-ring (bicyclic) bond motifs is 1. The Morgan fingerprint density at radius 3 is 1.61 bits per heavy atom. The Morgan fingerprint density at radius 2 is 1.06 bits per heavy atom. The Hall–Kier alpha value is -1.63. The van der Waals surface area contributed by atoms with Crippen molar-refractivity contribution in [1.29, 1.82) is 0 Å². The molecule has 4 heteroatoms.